The van der Waals surface area contributed by atoms with Crippen LogP contribution in [0.3, 0.4) is 0 Å². The molecule has 1 heterocycles. The molecule has 0 saturated carbocycles. The molecule has 0 atom stereocenters. The molecule has 0 aliphatic carbocycles. The van der Waals surface area contributed by atoms with Gasteiger partial charge in [-0.15, -0.1) is 0 Å². The molecule has 21 heavy (non-hydrogen) atoms. The van der Waals surface area contributed by atoms with E-state index in [4.69, 9.17) is 4.74 Å². The number of amides is 1. The maximum absolute atomic E-state index is 13.5. The lowest BCUT2D eigenvalue weighted by molar-refractivity contribution is 0.102. The number of hydrogen-bond donors (Lipinski definition) is 1. The molecule has 1 N–H and O–H groups in total. The zero-order chi connectivity index (χ0) is 15.2. The quantitative estimate of drug-likeness (QED) is 0.857. The summed E-state index contributed by atoms with van der Waals surface area (Å²) in [6, 6.07) is 9.96. The Morgan fingerprint density at radius 3 is 2.76 bits per heavy atom. The van der Waals surface area contributed by atoms with Gasteiger partial charge in [-0.3, -0.25) is 4.79 Å². The molecule has 2 aromatic rings. The van der Waals surface area contributed by atoms with E-state index in [0.717, 1.165) is 0 Å². The van der Waals surface area contributed by atoms with Crippen molar-refractivity contribution in [2.75, 3.05) is 11.9 Å². The first kappa shape index (κ1) is 15.0. The van der Waals surface area contributed by atoms with Crippen molar-refractivity contribution in [1.29, 1.82) is 0 Å². The third-order valence-electron chi connectivity index (χ3n) is 2.71. The number of ether oxygens (including phenoxy) is 1. The molecule has 2 rings (SSSR count). The molecule has 110 valence electrons. The lowest BCUT2D eigenvalue weighted by Gasteiger charge is -2.13. The van der Waals surface area contributed by atoms with E-state index in [1.807, 2.05) is 19.9 Å². The van der Waals surface area contributed by atoms with E-state index in [1.54, 1.807) is 18.2 Å². The van der Waals surface area contributed by atoms with Gasteiger partial charge < -0.3 is 10.1 Å². The minimum atomic E-state index is -0.796. The number of para-hydroxylation sites is 2. The maximum atomic E-state index is 13.5. The summed E-state index contributed by atoms with van der Waals surface area (Å²) in [6.07, 6.45) is 1.30. The molecule has 0 aliphatic heterocycles. The minimum Gasteiger partial charge on any atom is -0.491 e. The molecule has 0 radical (unpaired) electrons. The zero-order valence-electron chi connectivity index (χ0n) is 12.0. The van der Waals surface area contributed by atoms with Crippen LogP contribution >= 0.6 is 0 Å². The van der Waals surface area contributed by atoms with E-state index < -0.39 is 11.9 Å². The number of carbonyl (C=O) groups is 1. The summed E-state index contributed by atoms with van der Waals surface area (Å²) in [5.74, 6) is -0.426. The van der Waals surface area contributed by atoms with Crippen molar-refractivity contribution < 1.29 is 13.9 Å². The summed E-state index contributed by atoms with van der Waals surface area (Å²) in [6.45, 7) is 4.60. The molecule has 0 unspecified atom stereocenters. The van der Waals surface area contributed by atoms with Crippen molar-refractivity contribution in [3.63, 3.8) is 0 Å². The van der Waals surface area contributed by atoms with E-state index >= 15 is 0 Å². The number of anilines is 1. The van der Waals surface area contributed by atoms with Crippen LogP contribution in [0.1, 0.15) is 24.2 Å². The third kappa shape index (κ3) is 4.02. The van der Waals surface area contributed by atoms with E-state index in [9.17, 15) is 9.18 Å². The number of carbonyl (C=O) groups excluding carboxylic acids is 1. The number of nitrogens with one attached hydrogen (secondary N) is 1. The second-order valence-electron chi connectivity index (χ2n) is 5.00. The van der Waals surface area contributed by atoms with Gasteiger partial charge in [0.2, 0.25) is 5.95 Å². The second-order valence-corrected chi connectivity index (χ2v) is 5.00. The van der Waals surface area contributed by atoms with Crippen molar-refractivity contribution in [3.8, 4) is 5.75 Å². The average molecular weight is 288 g/mol. The van der Waals surface area contributed by atoms with Crippen LogP contribution in [0.5, 0.6) is 5.75 Å². The van der Waals surface area contributed by atoms with Gasteiger partial charge in [0, 0.05) is 6.20 Å². The van der Waals surface area contributed by atoms with E-state index in [-0.39, 0.29) is 5.56 Å². The van der Waals surface area contributed by atoms with Gasteiger partial charge in [-0.1, -0.05) is 26.0 Å². The Morgan fingerprint density at radius 2 is 2.05 bits per heavy atom. The first-order chi connectivity index (χ1) is 10.1. The normalized spacial score (nSPS) is 10.5. The summed E-state index contributed by atoms with van der Waals surface area (Å²) in [7, 11) is 0. The Morgan fingerprint density at radius 1 is 1.29 bits per heavy atom. The zero-order valence-corrected chi connectivity index (χ0v) is 12.0. The Bertz CT molecular complexity index is 629. The molecule has 0 fully saturated rings. The maximum Gasteiger partial charge on any atom is 0.260 e. The smallest absolute Gasteiger partial charge is 0.260 e. The Balaban J connectivity index is 2.16. The van der Waals surface area contributed by atoms with Crippen molar-refractivity contribution in [2.24, 2.45) is 5.92 Å². The highest BCUT2D eigenvalue weighted by Gasteiger charge is 2.14. The lowest BCUT2D eigenvalue weighted by atomic mass is 10.2. The van der Waals surface area contributed by atoms with Crippen LogP contribution in [0.25, 0.3) is 0 Å². The van der Waals surface area contributed by atoms with Crippen LogP contribution in [0.15, 0.2) is 42.6 Å². The molecule has 5 heteroatoms. The summed E-state index contributed by atoms with van der Waals surface area (Å²) in [5, 5.41) is 2.65. The van der Waals surface area contributed by atoms with Gasteiger partial charge in [-0.05, 0) is 30.2 Å². The van der Waals surface area contributed by atoms with Crippen LogP contribution in [0.2, 0.25) is 0 Å². The SMILES string of the molecule is CC(C)COc1ccccc1NC(=O)c1cccnc1F. The van der Waals surface area contributed by atoms with Gasteiger partial charge in [0.05, 0.1) is 17.9 Å². The number of aromatic nitrogens is 1. The number of halogens is 1. The highest BCUT2D eigenvalue weighted by Crippen LogP contribution is 2.25. The Kier molecular flexibility index (Phi) is 4.87. The fourth-order valence-electron chi connectivity index (χ4n) is 1.70. The van der Waals surface area contributed by atoms with E-state index in [2.05, 4.69) is 10.3 Å². The van der Waals surface area contributed by atoms with Gasteiger partial charge in [-0.25, -0.2) is 4.98 Å². The van der Waals surface area contributed by atoms with Crippen LogP contribution in [-0.2, 0) is 0 Å². The average Bonchev–Trinajstić information content (AvgIpc) is 2.46. The first-order valence-electron chi connectivity index (χ1n) is 6.71. The fraction of sp³-hybridized carbons (Fsp3) is 0.250. The van der Waals surface area contributed by atoms with Crippen LogP contribution in [0, 0.1) is 11.9 Å². The van der Waals surface area contributed by atoms with Crippen molar-refractivity contribution >= 4 is 11.6 Å². The Labute approximate surface area is 123 Å². The first-order valence-corrected chi connectivity index (χ1v) is 6.71. The number of rotatable bonds is 5. The van der Waals surface area contributed by atoms with Crippen molar-refractivity contribution in [3.05, 3.63) is 54.1 Å². The topological polar surface area (TPSA) is 51.2 Å². The summed E-state index contributed by atoms with van der Waals surface area (Å²) in [5.41, 5.74) is 0.405. The van der Waals surface area contributed by atoms with Gasteiger partial charge >= 0.3 is 0 Å². The highest BCUT2D eigenvalue weighted by molar-refractivity contribution is 6.04. The highest BCUT2D eigenvalue weighted by atomic mass is 19.1. The minimum absolute atomic E-state index is 0.101. The predicted molar refractivity (Wildman–Crippen MR) is 78.9 cm³/mol. The third-order valence-corrected chi connectivity index (χ3v) is 2.71. The van der Waals surface area contributed by atoms with Crippen LogP contribution < -0.4 is 10.1 Å². The van der Waals surface area contributed by atoms with Crippen molar-refractivity contribution in [2.45, 2.75) is 13.8 Å². The van der Waals surface area contributed by atoms with Crippen LogP contribution in [0.4, 0.5) is 10.1 Å². The number of hydrogen-bond acceptors (Lipinski definition) is 3. The predicted octanol–water partition coefficient (Wildman–Crippen LogP) is 3.51. The number of nitrogens with zero attached hydrogens (tertiary/aromatic N) is 1. The standard InChI is InChI=1S/C16H17FN2O2/c1-11(2)10-21-14-8-4-3-7-13(14)19-16(20)12-6-5-9-18-15(12)17/h3-9,11H,10H2,1-2H3,(H,19,20). The van der Waals surface area contributed by atoms with Crippen LogP contribution in [-0.4, -0.2) is 17.5 Å². The number of benzene rings is 1. The monoisotopic (exact) mass is 288 g/mol. The van der Waals surface area contributed by atoms with Crippen molar-refractivity contribution in [1.82, 2.24) is 4.98 Å². The molecular formula is C16H17FN2O2. The molecule has 0 spiro atoms. The fourth-order valence-corrected chi connectivity index (χ4v) is 1.70. The molecule has 1 aromatic carbocycles. The van der Waals surface area contributed by atoms with Gasteiger partial charge in [0.25, 0.3) is 5.91 Å². The molecule has 0 aliphatic rings. The summed E-state index contributed by atoms with van der Waals surface area (Å²) < 4.78 is 19.1. The molecule has 0 saturated heterocycles. The summed E-state index contributed by atoms with van der Waals surface area (Å²) >= 11 is 0. The molecule has 1 aromatic heterocycles. The van der Waals surface area contributed by atoms with Gasteiger partial charge in [0.15, 0.2) is 0 Å². The molecule has 1 amide bonds. The van der Waals surface area contributed by atoms with E-state index in [1.165, 1.54) is 18.3 Å². The van der Waals surface area contributed by atoms with Gasteiger partial charge in [-0.2, -0.15) is 4.39 Å². The van der Waals surface area contributed by atoms with Gasteiger partial charge in [0.1, 0.15) is 5.75 Å². The summed E-state index contributed by atoms with van der Waals surface area (Å²) in [4.78, 5) is 15.5. The molecule has 4 nitrogen and oxygen atoms in total. The second kappa shape index (κ2) is 6.83. The van der Waals surface area contributed by atoms with E-state index in [0.29, 0.717) is 24.0 Å². The number of pyridine rings is 1. The largest absolute Gasteiger partial charge is 0.491 e. The lowest BCUT2D eigenvalue weighted by Crippen LogP contribution is -2.15. The Hall–Kier alpha value is -2.43. The molecular weight excluding hydrogens is 271 g/mol. The molecule has 0 bridgehead atoms.